The van der Waals surface area contributed by atoms with Crippen LogP contribution in [0, 0.1) is 0 Å². The van der Waals surface area contributed by atoms with E-state index in [2.05, 4.69) is 15.7 Å². The average Bonchev–Trinajstić information content (AvgIpc) is 2.98. The number of nitrogens with zero attached hydrogens (tertiary/aromatic N) is 2. The molecule has 0 aliphatic carbocycles. The molecule has 26 heavy (non-hydrogen) atoms. The van der Waals surface area contributed by atoms with Crippen LogP contribution in [0.5, 0.6) is 11.5 Å². The highest BCUT2D eigenvalue weighted by atomic mass is 16.5. The Hall–Kier alpha value is -2.77. The first-order chi connectivity index (χ1) is 12.6. The smallest absolute Gasteiger partial charge is 0.206 e. The first kappa shape index (κ1) is 18.0. The molecule has 1 atom stereocenters. The van der Waals surface area contributed by atoms with Crippen LogP contribution in [-0.2, 0) is 13.0 Å². The molecule has 0 fully saturated rings. The van der Waals surface area contributed by atoms with Gasteiger partial charge in [0, 0.05) is 13.0 Å². The van der Waals surface area contributed by atoms with Gasteiger partial charge in [-0.1, -0.05) is 24.3 Å². The summed E-state index contributed by atoms with van der Waals surface area (Å²) in [6.07, 6.45) is 0.650. The van der Waals surface area contributed by atoms with Gasteiger partial charge in [0.1, 0.15) is 11.5 Å². The van der Waals surface area contributed by atoms with E-state index in [4.69, 9.17) is 15.2 Å². The van der Waals surface area contributed by atoms with Crippen molar-refractivity contribution < 1.29 is 9.47 Å². The Morgan fingerprint density at radius 1 is 1.00 bits per heavy atom. The first-order valence-electron chi connectivity index (χ1n) is 8.43. The summed E-state index contributed by atoms with van der Waals surface area (Å²) in [7, 11) is 5.20. The van der Waals surface area contributed by atoms with Crippen molar-refractivity contribution >= 4 is 5.96 Å². The molecule has 0 saturated carbocycles. The number of likely N-dealkylation sites (N-methyl/N-ethyl adjacent to an activating group) is 1. The minimum atomic E-state index is -0.668. The lowest BCUT2D eigenvalue weighted by molar-refractivity contribution is 0.0539. The molecule has 2 aromatic rings. The van der Waals surface area contributed by atoms with Crippen LogP contribution in [0.1, 0.15) is 11.1 Å². The highest BCUT2D eigenvalue weighted by molar-refractivity contribution is 5.79. The normalized spacial score (nSPS) is 19.7. The fourth-order valence-corrected chi connectivity index (χ4v) is 3.04. The minimum Gasteiger partial charge on any atom is -0.497 e. The van der Waals surface area contributed by atoms with Gasteiger partial charge in [-0.3, -0.25) is 10.7 Å². The van der Waals surface area contributed by atoms with E-state index in [-0.39, 0.29) is 0 Å². The van der Waals surface area contributed by atoms with Gasteiger partial charge in [0.05, 0.1) is 14.2 Å². The molecule has 0 amide bonds. The van der Waals surface area contributed by atoms with Crippen LogP contribution in [0.2, 0.25) is 0 Å². The maximum Gasteiger partial charge on any atom is 0.206 e. The summed E-state index contributed by atoms with van der Waals surface area (Å²) in [6, 6.07) is 15.9. The first-order valence-corrected chi connectivity index (χ1v) is 8.43. The molecule has 1 unspecified atom stereocenters. The lowest BCUT2D eigenvalue weighted by Crippen LogP contribution is -2.58. The molecule has 1 heterocycles. The molecule has 138 valence electrons. The monoisotopic (exact) mass is 355 g/mol. The number of ether oxygens (including phenoxy) is 2. The number of benzene rings is 2. The van der Waals surface area contributed by atoms with Gasteiger partial charge < -0.3 is 15.2 Å². The molecule has 0 spiro atoms. The van der Waals surface area contributed by atoms with Crippen LogP contribution in [-0.4, -0.2) is 38.0 Å². The molecule has 0 bridgehead atoms. The Bertz CT molecular complexity index is 761. The van der Waals surface area contributed by atoms with Crippen LogP contribution in [0.3, 0.4) is 0 Å². The van der Waals surface area contributed by atoms with Gasteiger partial charge in [0.25, 0.3) is 0 Å². The number of hydrogen-bond donors (Lipinski definition) is 3. The Labute approximate surface area is 153 Å². The summed E-state index contributed by atoms with van der Waals surface area (Å²) in [6.45, 7) is 0.630. The molecule has 4 N–H and O–H groups in total. The standard InChI is InChI=1S/C19H25N5O2/c1-21-19(12-14-4-8-16(25-2)9-5-14)22-18(20)23-24(19)13-15-6-10-17(26-3)11-7-15/h4-11,21H,12-13H2,1-3H3,(H3,20,22,23). The zero-order valence-corrected chi connectivity index (χ0v) is 15.3. The summed E-state index contributed by atoms with van der Waals surface area (Å²) in [5.41, 5.74) is 11.4. The third-order valence-corrected chi connectivity index (χ3v) is 4.51. The lowest BCUT2D eigenvalue weighted by Gasteiger charge is -2.35. The number of nitrogens with two attached hydrogens (primary N) is 1. The second-order valence-corrected chi connectivity index (χ2v) is 6.13. The van der Waals surface area contributed by atoms with Gasteiger partial charge in [-0.25, -0.2) is 4.99 Å². The van der Waals surface area contributed by atoms with E-state index in [1.54, 1.807) is 14.2 Å². The number of hydrazine groups is 1. The second kappa shape index (κ2) is 7.63. The van der Waals surface area contributed by atoms with Gasteiger partial charge >= 0.3 is 0 Å². The molecule has 2 aromatic carbocycles. The number of guanidine groups is 1. The fraction of sp³-hybridized carbons (Fsp3) is 0.316. The summed E-state index contributed by atoms with van der Waals surface area (Å²) in [4.78, 5) is 4.63. The number of methoxy groups -OCH3 is 2. The van der Waals surface area contributed by atoms with Crippen molar-refractivity contribution in [3.05, 3.63) is 59.7 Å². The van der Waals surface area contributed by atoms with Crippen molar-refractivity contribution in [1.29, 1.82) is 0 Å². The third-order valence-electron chi connectivity index (χ3n) is 4.51. The highest BCUT2D eigenvalue weighted by Crippen LogP contribution is 2.25. The van der Waals surface area contributed by atoms with Crippen LogP contribution < -0.4 is 25.9 Å². The molecule has 3 rings (SSSR count). The molecule has 1 aliphatic rings. The van der Waals surface area contributed by atoms with Crippen molar-refractivity contribution in [2.45, 2.75) is 18.8 Å². The van der Waals surface area contributed by atoms with Crippen molar-refractivity contribution in [3.63, 3.8) is 0 Å². The predicted molar refractivity (Wildman–Crippen MR) is 102 cm³/mol. The van der Waals surface area contributed by atoms with E-state index in [1.807, 2.05) is 60.6 Å². The zero-order chi connectivity index (χ0) is 18.6. The number of nitrogens with one attached hydrogen (secondary N) is 2. The van der Waals surface area contributed by atoms with Gasteiger partial charge in [-0.2, -0.15) is 5.01 Å². The van der Waals surface area contributed by atoms with Crippen molar-refractivity contribution in [2.75, 3.05) is 21.3 Å². The summed E-state index contributed by atoms with van der Waals surface area (Å²) in [5, 5.41) is 5.33. The highest BCUT2D eigenvalue weighted by Gasteiger charge is 2.40. The minimum absolute atomic E-state index is 0.390. The van der Waals surface area contributed by atoms with Crippen LogP contribution in [0.15, 0.2) is 53.5 Å². The Balaban J connectivity index is 1.81. The van der Waals surface area contributed by atoms with Gasteiger partial charge in [-0.15, -0.1) is 0 Å². The average molecular weight is 355 g/mol. The van der Waals surface area contributed by atoms with Crippen LogP contribution in [0.4, 0.5) is 0 Å². The molecule has 7 heteroatoms. The number of hydrogen-bond acceptors (Lipinski definition) is 7. The maximum absolute atomic E-state index is 5.99. The number of rotatable bonds is 7. The Morgan fingerprint density at radius 3 is 2.04 bits per heavy atom. The van der Waals surface area contributed by atoms with Crippen molar-refractivity contribution in [2.24, 2.45) is 10.7 Å². The summed E-state index contributed by atoms with van der Waals surface area (Å²) in [5.74, 6) is 1.38. The van der Waals surface area contributed by atoms with Gasteiger partial charge in [0.2, 0.25) is 5.96 Å². The SMILES string of the molecule is CNC1(Cc2ccc(OC)cc2)N=C(N)NN1Cc1ccc(OC)cc1. The zero-order valence-electron chi connectivity index (χ0n) is 15.3. The van der Waals surface area contributed by atoms with E-state index in [0.717, 1.165) is 22.6 Å². The van der Waals surface area contributed by atoms with Crippen LogP contribution >= 0.6 is 0 Å². The predicted octanol–water partition coefficient (Wildman–Crippen LogP) is 1.45. The van der Waals surface area contributed by atoms with Crippen molar-refractivity contribution in [1.82, 2.24) is 15.8 Å². The largest absolute Gasteiger partial charge is 0.497 e. The fourth-order valence-electron chi connectivity index (χ4n) is 3.04. The van der Waals surface area contributed by atoms with E-state index in [0.29, 0.717) is 18.9 Å². The second-order valence-electron chi connectivity index (χ2n) is 6.13. The summed E-state index contributed by atoms with van der Waals surface area (Å²) < 4.78 is 10.5. The molecule has 0 radical (unpaired) electrons. The topological polar surface area (TPSA) is 84.1 Å². The third kappa shape index (κ3) is 3.74. The molecule has 7 nitrogen and oxygen atoms in total. The molecule has 0 saturated heterocycles. The van der Waals surface area contributed by atoms with E-state index in [9.17, 15) is 0 Å². The summed E-state index contributed by atoms with van der Waals surface area (Å²) >= 11 is 0. The van der Waals surface area contributed by atoms with Gasteiger partial charge in [0.15, 0.2) is 5.79 Å². The van der Waals surface area contributed by atoms with Crippen molar-refractivity contribution in [3.8, 4) is 11.5 Å². The van der Waals surface area contributed by atoms with E-state index >= 15 is 0 Å². The van der Waals surface area contributed by atoms with E-state index in [1.165, 1.54) is 0 Å². The Kier molecular flexibility index (Phi) is 5.29. The number of aliphatic imine (C=N–C) groups is 1. The van der Waals surface area contributed by atoms with Gasteiger partial charge in [-0.05, 0) is 42.4 Å². The maximum atomic E-state index is 5.99. The quantitative estimate of drug-likeness (QED) is 0.697. The van der Waals surface area contributed by atoms with E-state index < -0.39 is 5.79 Å². The molecule has 0 aromatic heterocycles. The van der Waals surface area contributed by atoms with Crippen LogP contribution in [0.25, 0.3) is 0 Å². The molecular formula is C19H25N5O2. The lowest BCUT2D eigenvalue weighted by atomic mass is 10.1. The molecular weight excluding hydrogens is 330 g/mol. The Morgan fingerprint density at radius 2 is 1.54 bits per heavy atom. The molecule has 1 aliphatic heterocycles.